The van der Waals surface area contributed by atoms with E-state index in [0.717, 1.165) is 36.6 Å². The Kier molecular flexibility index (Phi) is 5.53. The number of likely N-dealkylation sites (tertiary alicyclic amines) is 1. The number of amides is 2. The molecular weight excluding hydrogens is 412 g/mol. The number of hydrogen-bond acceptors (Lipinski definition) is 3. The summed E-state index contributed by atoms with van der Waals surface area (Å²) >= 11 is 0. The third kappa shape index (κ3) is 3.57. The average Bonchev–Trinajstić information content (AvgIpc) is 3.10. The van der Waals surface area contributed by atoms with Gasteiger partial charge in [-0.25, -0.2) is 0 Å². The first-order valence-electron chi connectivity index (χ1n) is 12.9. The molecule has 1 heterocycles. The molecule has 4 aliphatic rings. The van der Waals surface area contributed by atoms with Crippen LogP contribution in [0.15, 0.2) is 24.3 Å². The lowest BCUT2D eigenvalue weighted by Crippen LogP contribution is -2.63. The van der Waals surface area contributed by atoms with Crippen LogP contribution in [0.2, 0.25) is 0 Å². The fourth-order valence-electron chi connectivity index (χ4n) is 8.59. The minimum Gasteiger partial charge on any atom is -0.490 e. The minimum atomic E-state index is -0.0577. The summed E-state index contributed by atoms with van der Waals surface area (Å²) in [6.07, 6.45) is 7.96. The van der Waals surface area contributed by atoms with Gasteiger partial charge in [-0.1, -0.05) is 20.8 Å². The Bertz CT molecular complexity index is 930. The molecule has 1 aliphatic heterocycles. The van der Waals surface area contributed by atoms with E-state index in [4.69, 9.17) is 4.74 Å². The van der Waals surface area contributed by atoms with Crippen molar-refractivity contribution in [3.05, 3.63) is 24.3 Å². The molecule has 5 rings (SSSR count). The van der Waals surface area contributed by atoms with E-state index in [1.807, 2.05) is 31.3 Å². The SMILES string of the molecule is CC(=O)Nc1ccc(OC2CC[C@H]3[C@@H]4C(C)CC5N(C)C(=O)CC[C@]5(C)[C@@H]4CC[C@]23C)cc1. The highest BCUT2D eigenvalue weighted by atomic mass is 16.5. The van der Waals surface area contributed by atoms with E-state index in [-0.39, 0.29) is 22.8 Å². The molecule has 0 spiro atoms. The molecule has 1 saturated heterocycles. The zero-order chi connectivity index (χ0) is 23.5. The number of hydrogen-bond donors (Lipinski definition) is 1. The summed E-state index contributed by atoms with van der Waals surface area (Å²) in [6, 6.07) is 8.21. The van der Waals surface area contributed by atoms with Gasteiger partial charge in [0.05, 0.1) is 0 Å². The first-order chi connectivity index (χ1) is 15.6. The third-order valence-corrected chi connectivity index (χ3v) is 10.3. The standard InChI is InChI=1S/C28H40N2O3/c1-17-16-23-27(3,15-13-25(32)30(23)5)22-12-14-28(4)21(26(17)22)10-11-24(28)33-20-8-6-19(7-9-20)29-18(2)31/h6-9,17,21-24,26H,10-16H2,1-5H3,(H,29,31)/t17?,21-,22+,23?,24?,26-,27+,28-/m0/s1. The number of fused-ring (bicyclic) bond motifs is 5. The second kappa shape index (κ2) is 8.02. The van der Waals surface area contributed by atoms with Crippen molar-refractivity contribution in [2.75, 3.05) is 12.4 Å². The van der Waals surface area contributed by atoms with Crippen molar-refractivity contribution in [1.29, 1.82) is 0 Å². The fourth-order valence-corrected chi connectivity index (χ4v) is 8.59. The monoisotopic (exact) mass is 452 g/mol. The van der Waals surface area contributed by atoms with E-state index in [2.05, 4.69) is 31.0 Å². The van der Waals surface area contributed by atoms with Crippen molar-refractivity contribution in [1.82, 2.24) is 4.90 Å². The maximum Gasteiger partial charge on any atom is 0.222 e. The van der Waals surface area contributed by atoms with Gasteiger partial charge in [0.2, 0.25) is 11.8 Å². The summed E-state index contributed by atoms with van der Waals surface area (Å²) in [4.78, 5) is 25.9. The van der Waals surface area contributed by atoms with E-state index in [1.165, 1.54) is 26.2 Å². The molecule has 0 aromatic heterocycles. The van der Waals surface area contributed by atoms with Crippen molar-refractivity contribution in [3.8, 4) is 5.75 Å². The topological polar surface area (TPSA) is 58.6 Å². The van der Waals surface area contributed by atoms with Gasteiger partial charge in [-0.15, -0.1) is 0 Å². The summed E-state index contributed by atoms with van der Waals surface area (Å²) < 4.78 is 6.62. The molecule has 33 heavy (non-hydrogen) atoms. The van der Waals surface area contributed by atoms with Crippen molar-refractivity contribution in [2.45, 2.75) is 84.8 Å². The van der Waals surface area contributed by atoms with Crippen molar-refractivity contribution >= 4 is 17.5 Å². The van der Waals surface area contributed by atoms with Crippen molar-refractivity contribution in [2.24, 2.45) is 34.5 Å². The number of nitrogens with zero attached hydrogens (tertiary/aromatic N) is 1. The van der Waals surface area contributed by atoms with E-state index in [0.29, 0.717) is 36.1 Å². The number of rotatable bonds is 3. The van der Waals surface area contributed by atoms with Crippen LogP contribution in [0.25, 0.3) is 0 Å². The fraction of sp³-hybridized carbons (Fsp3) is 0.714. The molecule has 180 valence electrons. The van der Waals surface area contributed by atoms with Crippen molar-refractivity contribution in [3.63, 3.8) is 0 Å². The molecule has 0 radical (unpaired) electrons. The van der Waals surface area contributed by atoms with E-state index < -0.39 is 0 Å². The van der Waals surface area contributed by atoms with Gasteiger partial charge in [0.25, 0.3) is 0 Å². The van der Waals surface area contributed by atoms with E-state index in [9.17, 15) is 9.59 Å². The highest BCUT2D eigenvalue weighted by molar-refractivity contribution is 5.88. The Morgan fingerprint density at radius 3 is 2.45 bits per heavy atom. The summed E-state index contributed by atoms with van der Waals surface area (Å²) in [5, 5.41) is 2.83. The molecule has 1 N–H and O–H groups in total. The van der Waals surface area contributed by atoms with Gasteiger partial charge in [0.1, 0.15) is 11.9 Å². The van der Waals surface area contributed by atoms with Crippen molar-refractivity contribution < 1.29 is 14.3 Å². The van der Waals surface area contributed by atoms with Gasteiger partial charge < -0.3 is 15.0 Å². The Morgan fingerprint density at radius 2 is 1.76 bits per heavy atom. The Labute approximate surface area is 198 Å². The zero-order valence-corrected chi connectivity index (χ0v) is 20.9. The minimum absolute atomic E-state index is 0.0577. The molecule has 3 unspecified atom stereocenters. The van der Waals surface area contributed by atoms with Crippen LogP contribution in [0, 0.1) is 34.5 Å². The molecule has 4 fully saturated rings. The maximum atomic E-state index is 12.5. The summed E-state index contributed by atoms with van der Waals surface area (Å²) in [5.41, 5.74) is 1.26. The van der Waals surface area contributed by atoms with E-state index >= 15 is 0 Å². The highest BCUT2D eigenvalue weighted by Gasteiger charge is 2.63. The average molecular weight is 453 g/mol. The van der Waals surface area contributed by atoms with Gasteiger partial charge in [0.15, 0.2) is 0 Å². The zero-order valence-electron chi connectivity index (χ0n) is 20.9. The molecule has 1 aromatic rings. The van der Waals surface area contributed by atoms with Crippen LogP contribution < -0.4 is 10.1 Å². The second-order valence-electron chi connectivity index (χ2n) is 12.0. The molecule has 5 nitrogen and oxygen atoms in total. The number of anilines is 1. The summed E-state index contributed by atoms with van der Waals surface area (Å²) in [5.74, 6) is 3.93. The molecule has 3 saturated carbocycles. The smallest absolute Gasteiger partial charge is 0.222 e. The van der Waals surface area contributed by atoms with Crippen LogP contribution >= 0.6 is 0 Å². The largest absolute Gasteiger partial charge is 0.490 e. The Hall–Kier alpha value is -2.04. The molecule has 5 heteroatoms. The molecule has 3 aliphatic carbocycles. The quantitative estimate of drug-likeness (QED) is 0.659. The lowest BCUT2D eigenvalue weighted by Gasteiger charge is -2.63. The predicted molar refractivity (Wildman–Crippen MR) is 130 cm³/mol. The first-order valence-corrected chi connectivity index (χ1v) is 12.9. The third-order valence-electron chi connectivity index (χ3n) is 10.3. The van der Waals surface area contributed by atoms with Crippen LogP contribution in [0.3, 0.4) is 0 Å². The van der Waals surface area contributed by atoms with Gasteiger partial charge in [-0.2, -0.15) is 0 Å². The van der Waals surface area contributed by atoms with Crippen LogP contribution in [0.5, 0.6) is 5.75 Å². The van der Waals surface area contributed by atoms with Crippen LogP contribution in [0.1, 0.15) is 72.6 Å². The van der Waals surface area contributed by atoms with Crippen LogP contribution in [0.4, 0.5) is 5.69 Å². The Balaban J connectivity index is 1.35. The van der Waals surface area contributed by atoms with Gasteiger partial charge in [-0.05, 0) is 91.9 Å². The number of carbonyl (C=O) groups excluding carboxylic acids is 2. The van der Waals surface area contributed by atoms with Gasteiger partial charge >= 0.3 is 0 Å². The summed E-state index contributed by atoms with van der Waals surface area (Å²) in [7, 11) is 2.04. The van der Waals surface area contributed by atoms with Crippen LogP contribution in [-0.4, -0.2) is 35.9 Å². The predicted octanol–water partition coefficient (Wildman–Crippen LogP) is 5.50. The van der Waals surface area contributed by atoms with E-state index in [1.54, 1.807) is 0 Å². The first kappa shape index (κ1) is 22.7. The second-order valence-corrected chi connectivity index (χ2v) is 12.0. The number of nitrogens with one attached hydrogen (secondary N) is 1. The highest BCUT2D eigenvalue weighted by Crippen LogP contribution is 2.66. The molecule has 0 bridgehead atoms. The maximum absolute atomic E-state index is 12.5. The number of ether oxygens (including phenoxy) is 1. The summed E-state index contributed by atoms with van der Waals surface area (Å²) in [6.45, 7) is 8.95. The van der Waals surface area contributed by atoms with Gasteiger partial charge in [-0.3, -0.25) is 9.59 Å². The normalized spacial score (nSPS) is 42.2. The lowest BCUT2D eigenvalue weighted by molar-refractivity contribution is -0.168. The Morgan fingerprint density at radius 1 is 1.06 bits per heavy atom. The number of piperidine rings is 1. The van der Waals surface area contributed by atoms with Crippen LogP contribution in [-0.2, 0) is 9.59 Å². The molecule has 1 aromatic carbocycles. The number of carbonyl (C=O) groups is 2. The van der Waals surface area contributed by atoms with Gasteiger partial charge in [0, 0.05) is 37.5 Å². The lowest BCUT2D eigenvalue weighted by atomic mass is 9.45. The molecule has 2 amide bonds. The molecular formula is C28H40N2O3. The number of benzene rings is 1. The molecule has 8 atom stereocenters.